The molecule has 0 radical (unpaired) electrons. The summed E-state index contributed by atoms with van der Waals surface area (Å²) < 4.78 is 20.1. The molecule has 0 bridgehead atoms. The molecule has 156 valence electrons. The van der Waals surface area contributed by atoms with Crippen molar-refractivity contribution in [2.75, 3.05) is 0 Å². The molecule has 2 aromatic heterocycles. The molecule has 1 aromatic carbocycles. The first kappa shape index (κ1) is 20.0. The van der Waals surface area contributed by atoms with Crippen molar-refractivity contribution in [1.29, 1.82) is 0 Å². The highest BCUT2D eigenvalue weighted by molar-refractivity contribution is 5.92. The number of rotatable bonds is 5. The number of carbonyl (C=O) groups is 1. The molecule has 4 rings (SSSR count). The first-order chi connectivity index (χ1) is 14.4. The summed E-state index contributed by atoms with van der Waals surface area (Å²) in [6.45, 7) is 5.54. The maximum Gasteiger partial charge on any atom is 0.244 e. The van der Waals surface area contributed by atoms with E-state index in [-0.39, 0.29) is 11.7 Å². The van der Waals surface area contributed by atoms with Crippen LogP contribution in [0.1, 0.15) is 54.3 Å². The topological polar surface area (TPSA) is 85.8 Å². The van der Waals surface area contributed by atoms with Gasteiger partial charge < -0.3 is 9.84 Å². The molecule has 2 heterocycles. The number of hydrogen-bond donors (Lipinski definition) is 1. The maximum absolute atomic E-state index is 13.2. The van der Waals surface area contributed by atoms with Crippen LogP contribution in [0.4, 0.5) is 4.39 Å². The van der Waals surface area contributed by atoms with Gasteiger partial charge in [-0.2, -0.15) is 10.1 Å². The molecule has 30 heavy (non-hydrogen) atoms. The maximum atomic E-state index is 13.2. The fourth-order valence-corrected chi connectivity index (χ4v) is 4.04. The third-order valence-corrected chi connectivity index (χ3v) is 5.60. The Morgan fingerprint density at radius 1 is 1.20 bits per heavy atom. The molecule has 7 nitrogen and oxygen atoms in total. The zero-order valence-corrected chi connectivity index (χ0v) is 17.3. The van der Waals surface area contributed by atoms with Gasteiger partial charge in [0.2, 0.25) is 11.8 Å². The van der Waals surface area contributed by atoms with Crippen molar-refractivity contribution in [3.63, 3.8) is 0 Å². The van der Waals surface area contributed by atoms with Gasteiger partial charge in [0.05, 0.1) is 11.4 Å². The fourth-order valence-electron chi connectivity index (χ4n) is 4.04. The summed E-state index contributed by atoms with van der Waals surface area (Å²) in [5.74, 6) is 0.513. The molecule has 0 atom stereocenters. The van der Waals surface area contributed by atoms with Gasteiger partial charge in [0.1, 0.15) is 11.4 Å². The van der Waals surface area contributed by atoms with Crippen molar-refractivity contribution < 1.29 is 13.7 Å². The Hall–Kier alpha value is -3.29. The quantitative estimate of drug-likeness (QED) is 0.646. The van der Waals surface area contributed by atoms with Gasteiger partial charge in [-0.05, 0) is 57.0 Å². The lowest BCUT2D eigenvalue weighted by atomic mass is 9.96. The molecule has 8 heteroatoms. The molecule has 0 spiro atoms. The number of aromatic nitrogens is 4. The largest absolute Gasteiger partial charge is 0.340 e. The van der Waals surface area contributed by atoms with E-state index in [1.165, 1.54) is 18.2 Å². The van der Waals surface area contributed by atoms with Gasteiger partial charge in [0, 0.05) is 24.3 Å². The van der Waals surface area contributed by atoms with Crippen molar-refractivity contribution in [2.24, 2.45) is 0 Å². The number of aryl methyl sites for hydroxylation is 2. The van der Waals surface area contributed by atoms with E-state index in [4.69, 9.17) is 4.52 Å². The number of halogens is 1. The number of carbonyl (C=O) groups excluding carboxylic acids is 1. The van der Waals surface area contributed by atoms with Crippen molar-refractivity contribution in [1.82, 2.24) is 25.2 Å². The molecule has 1 aliphatic rings. The van der Waals surface area contributed by atoms with Crippen LogP contribution in [0.5, 0.6) is 0 Å². The van der Waals surface area contributed by atoms with Crippen LogP contribution in [-0.4, -0.2) is 25.8 Å². The summed E-state index contributed by atoms with van der Waals surface area (Å²) in [5.41, 5.74) is 2.68. The normalized spacial score (nSPS) is 15.7. The van der Waals surface area contributed by atoms with Gasteiger partial charge in [-0.15, -0.1) is 0 Å². The van der Waals surface area contributed by atoms with E-state index in [9.17, 15) is 9.18 Å². The van der Waals surface area contributed by atoms with Crippen LogP contribution in [0.25, 0.3) is 11.8 Å². The zero-order valence-electron chi connectivity index (χ0n) is 17.3. The van der Waals surface area contributed by atoms with Crippen molar-refractivity contribution in [3.8, 4) is 5.69 Å². The van der Waals surface area contributed by atoms with Crippen LogP contribution >= 0.6 is 0 Å². The molecule has 0 saturated heterocycles. The highest BCUT2D eigenvalue weighted by Gasteiger charge is 2.40. The Balaban J connectivity index is 1.55. The van der Waals surface area contributed by atoms with E-state index in [1.807, 2.05) is 13.8 Å². The van der Waals surface area contributed by atoms with Gasteiger partial charge in [-0.3, -0.25) is 4.79 Å². The second kappa shape index (κ2) is 7.85. The molecule has 1 N–H and O–H groups in total. The van der Waals surface area contributed by atoms with Crippen LogP contribution in [0.3, 0.4) is 0 Å². The van der Waals surface area contributed by atoms with E-state index in [0.717, 1.165) is 48.3 Å². The monoisotopic (exact) mass is 409 g/mol. The van der Waals surface area contributed by atoms with E-state index in [0.29, 0.717) is 11.7 Å². The predicted octanol–water partition coefficient (Wildman–Crippen LogP) is 3.92. The lowest BCUT2D eigenvalue weighted by Gasteiger charge is -2.25. The lowest BCUT2D eigenvalue weighted by molar-refractivity contribution is -0.118. The summed E-state index contributed by atoms with van der Waals surface area (Å²) in [7, 11) is 0. The minimum absolute atomic E-state index is 0.215. The summed E-state index contributed by atoms with van der Waals surface area (Å²) in [6.07, 6.45) is 6.84. The Labute approximate surface area is 174 Å². The summed E-state index contributed by atoms with van der Waals surface area (Å²) >= 11 is 0. The highest BCUT2D eigenvalue weighted by atomic mass is 19.1. The summed E-state index contributed by atoms with van der Waals surface area (Å²) in [6, 6.07) is 6.14. The van der Waals surface area contributed by atoms with E-state index in [2.05, 4.69) is 20.6 Å². The van der Waals surface area contributed by atoms with Crippen LogP contribution < -0.4 is 5.32 Å². The Bertz CT molecular complexity index is 1090. The van der Waals surface area contributed by atoms with Crippen molar-refractivity contribution >= 4 is 12.0 Å². The molecule has 3 aromatic rings. The standard InChI is InChI=1S/C22H24FN5O2/c1-14-19(15(2)28(26-14)18-8-6-17(23)7-9-18)10-11-20(29)25-22(12-4-5-13-22)21-24-16(3)30-27-21/h6-11H,4-5,12-13H2,1-3H3,(H,25,29)/b11-10+. The molecule has 1 aliphatic carbocycles. The Kier molecular flexibility index (Phi) is 5.24. The molecule has 1 saturated carbocycles. The molecular formula is C22H24FN5O2. The van der Waals surface area contributed by atoms with Crippen molar-refractivity contribution in [2.45, 2.75) is 52.0 Å². The Morgan fingerprint density at radius 3 is 2.53 bits per heavy atom. The molecule has 0 aliphatic heterocycles. The van der Waals surface area contributed by atoms with Gasteiger partial charge >= 0.3 is 0 Å². The number of amides is 1. The predicted molar refractivity (Wildman–Crippen MR) is 109 cm³/mol. The average molecular weight is 409 g/mol. The smallest absolute Gasteiger partial charge is 0.244 e. The third kappa shape index (κ3) is 3.77. The first-order valence-corrected chi connectivity index (χ1v) is 10.0. The second-order valence-corrected chi connectivity index (χ2v) is 7.72. The molecule has 1 amide bonds. The minimum atomic E-state index is -0.582. The molecule has 0 unspecified atom stereocenters. The number of benzene rings is 1. The van der Waals surface area contributed by atoms with E-state index < -0.39 is 5.54 Å². The molecular weight excluding hydrogens is 385 g/mol. The molecule has 1 fully saturated rings. The van der Waals surface area contributed by atoms with E-state index in [1.54, 1.807) is 29.8 Å². The van der Waals surface area contributed by atoms with Gasteiger partial charge in [-0.25, -0.2) is 9.07 Å². The van der Waals surface area contributed by atoms with Crippen LogP contribution in [0.15, 0.2) is 34.9 Å². The third-order valence-electron chi connectivity index (χ3n) is 5.60. The summed E-state index contributed by atoms with van der Waals surface area (Å²) in [4.78, 5) is 17.1. The first-order valence-electron chi connectivity index (χ1n) is 10.0. The van der Waals surface area contributed by atoms with E-state index >= 15 is 0 Å². The average Bonchev–Trinajstić information content (AvgIpc) is 3.42. The lowest BCUT2D eigenvalue weighted by Crippen LogP contribution is -2.44. The summed E-state index contributed by atoms with van der Waals surface area (Å²) in [5, 5.41) is 11.7. The highest BCUT2D eigenvalue weighted by Crippen LogP contribution is 2.37. The van der Waals surface area contributed by atoms with Gasteiger partial charge in [0.15, 0.2) is 5.82 Å². The number of nitrogens with one attached hydrogen (secondary N) is 1. The van der Waals surface area contributed by atoms with Gasteiger partial charge in [-0.1, -0.05) is 18.0 Å². The minimum Gasteiger partial charge on any atom is -0.340 e. The zero-order chi connectivity index (χ0) is 21.3. The number of hydrogen-bond acceptors (Lipinski definition) is 5. The van der Waals surface area contributed by atoms with Crippen LogP contribution in [-0.2, 0) is 10.3 Å². The van der Waals surface area contributed by atoms with Crippen LogP contribution in [0, 0.1) is 26.6 Å². The number of nitrogens with zero attached hydrogens (tertiary/aromatic N) is 4. The Morgan fingerprint density at radius 2 is 1.90 bits per heavy atom. The SMILES string of the molecule is Cc1nc(C2(NC(=O)/C=C/c3c(C)nn(-c4ccc(F)cc4)c3C)CCCC2)no1. The second-order valence-electron chi connectivity index (χ2n) is 7.72. The fraction of sp³-hybridized carbons (Fsp3) is 0.364. The van der Waals surface area contributed by atoms with Crippen LogP contribution in [0.2, 0.25) is 0 Å². The van der Waals surface area contributed by atoms with Crippen molar-refractivity contribution in [3.05, 3.63) is 64.8 Å². The van der Waals surface area contributed by atoms with Gasteiger partial charge in [0.25, 0.3) is 0 Å².